The molecule has 6 heteroatoms. The van der Waals surface area contributed by atoms with Crippen LogP contribution in [0.4, 0.5) is 0 Å². The molecular formula is C54H104O6. The van der Waals surface area contributed by atoms with E-state index in [1.54, 1.807) is 0 Å². The summed E-state index contributed by atoms with van der Waals surface area (Å²) in [6.45, 7) is 11.4. The minimum atomic E-state index is -0.762. The Bertz CT molecular complexity index is 918. The molecule has 0 saturated heterocycles. The average molecular weight is 849 g/mol. The molecular weight excluding hydrogens is 745 g/mol. The standard InChI is InChI=1S/C54H104O6/c1-6-8-9-10-11-12-13-16-20-23-29-34-39-44-52(55)58-47-51(48-59-53(56)45-40-35-30-26-25-28-33-38-43-50(5)7-2)60-54(57)46-41-36-31-24-21-18-15-14-17-19-22-27-32-37-42-49(3)4/h49-51H,6-48H2,1-5H3/t50?,51-/m1/s1. The lowest BCUT2D eigenvalue weighted by Crippen LogP contribution is -2.30. The molecule has 0 aliphatic heterocycles. The van der Waals surface area contributed by atoms with Gasteiger partial charge in [-0.15, -0.1) is 0 Å². The molecule has 0 amide bonds. The van der Waals surface area contributed by atoms with E-state index in [1.807, 2.05) is 0 Å². The SMILES string of the molecule is CCCCCCCCCCCCCCCC(=O)OC[C@H](COC(=O)CCCCCCCCCCC(C)CC)OC(=O)CCCCCCCCCCCCCCCCC(C)C. The van der Waals surface area contributed by atoms with E-state index in [4.69, 9.17) is 14.2 Å². The molecule has 0 aromatic heterocycles. The fraction of sp³-hybridized carbons (Fsp3) is 0.944. The zero-order valence-corrected chi connectivity index (χ0v) is 41.1. The van der Waals surface area contributed by atoms with Crippen molar-refractivity contribution < 1.29 is 28.6 Å². The topological polar surface area (TPSA) is 78.9 Å². The molecule has 1 unspecified atom stereocenters. The third-order valence-corrected chi connectivity index (χ3v) is 12.6. The predicted molar refractivity (Wildman–Crippen MR) is 256 cm³/mol. The maximum Gasteiger partial charge on any atom is 0.306 e. The second kappa shape index (κ2) is 46.9. The Morgan fingerprint density at radius 2 is 0.633 bits per heavy atom. The van der Waals surface area contributed by atoms with Crippen LogP contribution in [0, 0.1) is 11.8 Å². The van der Waals surface area contributed by atoms with Crippen molar-refractivity contribution in [1.82, 2.24) is 0 Å². The van der Waals surface area contributed by atoms with Crippen molar-refractivity contribution >= 4 is 17.9 Å². The van der Waals surface area contributed by atoms with Crippen LogP contribution in [0.15, 0.2) is 0 Å². The largest absolute Gasteiger partial charge is 0.462 e. The van der Waals surface area contributed by atoms with Crippen molar-refractivity contribution in [3.8, 4) is 0 Å². The van der Waals surface area contributed by atoms with Crippen LogP contribution in [0.5, 0.6) is 0 Å². The van der Waals surface area contributed by atoms with Gasteiger partial charge in [0, 0.05) is 19.3 Å². The fourth-order valence-electron chi connectivity index (χ4n) is 8.13. The van der Waals surface area contributed by atoms with Gasteiger partial charge in [0.05, 0.1) is 0 Å². The molecule has 0 aliphatic rings. The highest BCUT2D eigenvalue weighted by Crippen LogP contribution is 2.18. The van der Waals surface area contributed by atoms with Crippen molar-refractivity contribution in [1.29, 1.82) is 0 Å². The first-order valence-corrected chi connectivity index (χ1v) is 26.8. The highest BCUT2D eigenvalue weighted by Gasteiger charge is 2.19. The molecule has 0 N–H and O–H groups in total. The average Bonchev–Trinajstić information content (AvgIpc) is 3.23. The first-order chi connectivity index (χ1) is 29.3. The molecule has 0 heterocycles. The Morgan fingerprint density at radius 3 is 0.950 bits per heavy atom. The van der Waals surface area contributed by atoms with Crippen LogP contribution in [0.1, 0.15) is 298 Å². The number of carbonyl (C=O) groups is 3. The summed E-state index contributed by atoms with van der Waals surface area (Å²) >= 11 is 0. The van der Waals surface area contributed by atoms with Gasteiger partial charge in [-0.05, 0) is 31.1 Å². The number of unbranched alkanes of at least 4 members (excludes halogenated alkanes) is 32. The van der Waals surface area contributed by atoms with Crippen LogP contribution in [0.25, 0.3) is 0 Å². The van der Waals surface area contributed by atoms with Gasteiger partial charge >= 0.3 is 17.9 Å². The Balaban J connectivity index is 4.31. The van der Waals surface area contributed by atoms with Gasteiger partial charge in [-0.1, -0.05) is 259 Å². The normalized spacial score (nSPS) is 12.5. The number of hydrogen-bond acceptors (Lipinski definition) is 6. The van der Waals surface area contributed by atoms with Crippen molar-refractivity contribution in [2.24, 2.45) is 11.8 Å². The van der Waals surface area contributed by atoms with E-state index in [1.165, 1.54) is 186 Å². The van der Waals surface area contributed by atoms with E-state index < -0.39 is 6.10 Å². The van der Waals surface area contributed by atoms with Crippen LogP contribution in [-0.2, 0) is 28.6 Å². The monoisotopic (exact) mass is 849 g/mol. The first kappa shape index (κ1) is 58.4. The van der Waals surface area contributed by atoms with Gasteiger partial charge in [0.1, 0.15) is 13.2 Å². The van der Waals surface area contributed by atoms with Gasteiger partial charge in [0.15, 0.2) is 6.10 Å². The van der Waals surface area contributed by atoms with Crippen LogP contribution in [0.2, 0.25) is 0 Å². The molecule has 6 nitrogen and oxygen atoms in total. The second-order valence-corrected chi connectivity index (χ2v) is 19.2. The summed E-state index contributed by atoms with van der Waals surface area (Å²) in [5.41, 5.74) is 0. The van der Waals surface area contributed by atoms with Gasteiger partial charge in [-0.25, -0.2) is 0 Å². The molecule has 2 atom stereocenters. The van der Waals surface area contributed by atoms with Crippen molar-refractivity contribution in [2.45, 2.75) is 304 Å². The third kappa shape index (κ3) is 45.9. The predicted octanol–water partition coefficient (Wildman–Crippen LogP) is 17.3. The highest BCUT2D eigenvalue weighted by atomic mass is 16.6. The maximum atomic E-state index is 12.8. The quantitative estimate of drug-likeness (QED) is 0.0345. The Morgan fingerprint density at radius 1 is 0.350 bits per heavy atom. The highest BCUT2D eigenvalue weighted by molar-refractivity contribution is 5.71. The van der Waals surface area contributed by atoms with Crippen molar-refractivity contribution in [3.05, 3.63) is 0 Å². The summed E-state index contributed by atoms with van der Waals surface area (Å²) in [6, 6.07) is 0. The summed E-state index contributed by atoms with van der Waals surface area (Å²) in [4.78, 5) is 38.0. The number of carbonyl (C=O) groups excluding carboxylic acids is 3. The van der Waals surface area contributed by atoms with Gasteiger partial charge in [-0.2, -0.15) is 0 Å². The van der Waals surface area contributed by atoms with E-state index in [9.17, 15) is 14.4 Å². The first-order valence-electron chi connectivity index (χ1n) is 26.8. The molecule has 0 aliphatic carbocycles. The minimum Gasteiger partial charge on any atom is -0.462 e. The van der Waals surface area contributed by atoms with Gasteiger partial charge in [-0.3, -0.25) is 14.4 Å². The fourth-order valence-corrected chi connectivity index (χ4v) is 8.13. The summed E-state index contributed by atoms with van der Waals surface area (Å²) in [7, 11) is 0. The minimum absolute atomic E-state index is 0.0635. The Labute approximate surface area is 374 Å². The van der Waals surface area contributed by atoms with E-state index in [2.05, 4.69) is 34.6 Å². The molecule has 0 aromatic carbocycles. The number of rotatable bonds is 48. The van der Waals surface area contributed by atoms with Crippen molar-refractivity contribution in [2.75, 3.05) is 13.2 Å². The summed E-state index contributed by atoms with van der Waals surface area (Å²) in [5.74, 6) is 0.845. The molecule has 0 rings (SSSR count). The molecule has 0 bridgehead atoms. The van der Waals surface area contributed by atoms with E-state index in [0.29, 0.717) is 19.3 Å². The van der Waals surface area contributed by atoms with Gasteiger partial charge < -0.3 is 14.2 Å². The lowest BCUT2D eigenvalue weighted by atomic mass is 9.99. The number of hydrogen-bond donors (Lipinski definition) is 0. The Hall–Kier alpha value is -1.59. The maximum absolute atomic E-state index is 12.8. The zero-order valence-electron chi connectivity index (χ0n) is 41.1. The van der Waals surface area contributed by atoms with E-state index in [-0.39, 0.29) is 31.1 Å². The smallest absolute Gasteiger partial charge is 0.306 e. The Kier molecular flexibility index (Phi) is 45.7. The molecule has 0 spiro atoms. The molecule has 356 valence electrons. The van der Waals surface area contributed by atoms with Gasteiger partial charge in [0.2, 0.25) is 0 Å². The molecule has 60 heavy (non-hydrogen) atoms. The lowest BCUT2D eigenvalue weighted by molar-refractivity contribution is -0.167. The molecule has 0 saturated carbocycles. The summed E-state index contributed by atoms with van der Waals surface area (Å²) < 4.78 is 16.8. The van der Waals surface area contributed by atoms with Crippen molar-refractivity contribution in [3.63, 3.8) is 0 Å². The second-order valence-electron chi connectivity index (χ2n) is 19.2. The summed E-state index contributed by atoms with van der Waals surface area (Å²) in [6.07, 6.45) is 47.9. The third-order valence-electron chi connectivity index (χ3n) is 12.6. The van der Waals surface area contributed by atoms with Crippen LogP contribution < -0.4 is 0 Å². The molecule has 0 radical (unpaired) electrons. The lowest BCUT2D eigenvalue weighted by Gasteiger charge is -2.18. The van der Waals surface area contributed by atoms with E-state index in [0.717, 1.165) is 69.6 Å². The molecule has 0 aromatic rings. The zero-order chi connectivity index (χ0) is 44.0. The number of ether oxygens (including phenoxy) is 3. The number of esters is 3. The van der Waals surface area contributed by atoms with Crippen LogP contribution in [-0.4, -0.2) is 37.2 Å². The van der Waals surface area contributed by atoms with Crippen LogP contribution in [0.3, 0.4) is 0 Å². The van der Waals surface area contributed by atoms with Gasteiger partial charge in [0.25, 0.3) is 0 Å². The summed E-state index contributed by atoms with van der Waals surface area (Å²) in [5, 5.41) is 0. The van der Waals surface area contributed by atoms with E-state index >= 15 is 0 Å². The molecule has 0 fully saturated rings. The van der Waals surface area contributed by atoms with Crippen LogP contribution >= 0.6 is 0 Å².